The molecule has 0 fully saturated rings. The minimum absolute atomic E-state index is 0.0921. The predicted octanol–water partition coefficient (Wildman–Crippen LogP) is -0.492. The fraction of sp³-hybridized carbons (Fsp3) is 0.480. The van der Waals surface area contributed by atoms with E-state index in [-0.39, 0.29) is 17.8 Å². The van der Waals surface area contributed by atoms with E-state index in [4.69, 9.17) is 5.11 Å². The fourth-order valence-corrected chi connectivity index (χ4v) is 3.53. The number of aliphatic carboxylic acids is 2. The Morgan fingerprint density at radius 3 is 1.83 bits per heavy atom. The number of carboxylic acids is 2. The van der Waals surface area contributed by atoms with Gasteiger partial charge in [-0.1, -0.05) is 13.8 Å². The summed E-state index contributed by atoms with van der Waals surface area (Å²) in [7, 11) is 0. The molecule has 17 heteroatoms. The molecule has 0 aliphatic rings. The topological polar surface area (TPSA) is 263 Å². The molecule has 5 amide bonds. The van der Waals surface area contributed by atoms with Gasteiger partial charge in [-0.05, 0) is 31.4 Å². The Bertz CT molecular complexity index is 1200. The van der Waals surface area contributed by atoms with E-state index in [1.807, 2.05) is 0 Å². The Morgan fingerprint density at radius 1 is 0.786 bits per heavy atom. The van der Waals surface area contributed by atoms with Crippen LogP contribution >= 0.6 is 0 Å². The second-order valence-electron chi connectivity index (χ2n) is 9.60. The van der Waals surface area contributed by atoms with Crippen LogP contribution in [0.4, 0.5) is 11.4 Å². The van der Waals surface area contributed by atoms with Crippen LogP contribution in [-0.4, -0.2) is 80.8 Å². The molecule has 0 heterocycles. The number of hydrogen-bond acceptors (Lipinski definition) is 9. The lowest BCUT2D eigenvalue weighted by Gasteiger charge is -2.27. The zero-order chi connectivity index (χ0) is 32.1. The molecule has 0 saturated heterocycles. The van der Waals surface area contributed by atoms with Gasteiger partial charge in [-0.15, -0.1) is 0 Å². The highest BCUT2D eigenvalue weighted by molar-refractivity contribution is 6.00. The molecule has 7 N–H and O–H groups in total. The lowest BCUT2D eigenvalue weighted by Crippen LogP contribution is -2.59. The predicted molar refractivity (Wildman–Crippen MR) is 145 cm³/mol. The van der Waals surface area contributed by atoms with E-state index >= 15 is 0 Å². The lowest BCUT2D eigenvalue weighted by molar-refractivity contribution is -0.384. The van der Waals surface area contributed by atoms with Gasteiger partial charge < -0.3 is 36.8 Å². The van der Waals surface area contributed by atoms with Crippen LogP contribution in [0.2, 0.25) is 0 Å². The van der Waals surface area contributed by atoms with E-state index in [9.17, 15) is 48.8 Å². The molecule has 230 valence electrons. The van der Waals surface area contributed by atoms with Crippen molar-refractivity contribution in [1.29, 1.82) is 0 Å². The SMILES string of the molecule is CC(=O)NC(C)C(=O)NC(CCC(=O)O)C(=O)NC(C(=O)NC(CC(=O)O)C(=O)Nc1ccc([N+](=O)[O-])cc1)C(C)C. The third-order valence-corrected chi connectivity index (χ3v) is 5.70. The molecule has 0 saturated carbocycles. The molecule has 1 aromatic rings. The van der Waals surface area contributed by atoms with E-state index in [0.29, 0.717) is 0 Å². The number of nitrogens with zero attached hydrogens (tertiary/aromatic N) is 1. The third-order valence-electron chi connectivity index (χ3n) is 5.70. The zero-order valence-corrected chi connectivity index (χ0v) is 23.3. The first-order valence-corrected chi connectivity index (χ1v) is 12.7. The van der Waals surface area contributed by atoms with Gasteiger partial charge in [0.1, 0.15) is 24.2 Å². The number of rotatable bonds is 16. The molecule has 1 aromatic carbocycles. The maximum Gasteiger partial charge on any atom is 0.305 e. The minimum atomic E-state index is -1.62. The van der Waals surface area contributed by atoms with Crippen LogP contribution < -0.4 is 26.6 Å². The zero-order valence-electron chi connectivity index (χ0n) is 23.3. The van der Waals surface area contributed by atoms with Gasteiger partial charge in [0.05, 0.1) is 11.3 Å². The molecule has 42 heavy (non-hydrogen) atoms. The Morgan fingerprint density at radius 2 is 1.36 bits per heavy atom. The molecule has 4 unspecified atom stereocenters. The first-order valence-electron chi connectivity index (χ1n) is 12.7. The van der Waals surface area contributed by atoms with Gasteiger partial charge in [-0.2, -0.15) is 0 Å². The van der Waals surface area contributed by atoms with Crippen LogP contribution in [0.15, 0.2) is 24.3 Å². The first-order chi connectivity index (χ1) is 19.5. The molecule has 0 aromatic heterocycles. The summed E-state index contributed by atoms with van der Waals surface area (Å²) in [5.74, 6) is -7.45. The fourth-order valence-electron chi connectivity index (χ4n) is 3.53. The van der Waals surface area contributed by atoms with E-state index < -0.39 is 89.3 Å². The highest BCUT2D eigenvalue weighted by atomic mass is 16.6. The van der Waals surface area contributed by atoms with Crippen LogP contribution in [0, 0.1) is 16.0 Å². The van der Waals surface area contributed by atoms with Crippen LogP contribution in [0.3, 0.4) is 0 Å². The van der Waals surface area contributed by atoms with E-state index in [1.54, 1.807) is 0 Å². The van der Waals surface area contributed by atoms with E-state index in [0.717, 1.165) is 12.1 Å². The number of carboxylic acid groups (broad SMARTS) is 2. The maximum absolute atomic E-state index is 13.1. The molecule has 0 bridgehead atoms. The van der Waals surface area contributed by atoms with Crippen molar-refractivity contribution in [3.05, 3.63) is 34.4 Å². The second kappa shape index (κ2) is 16.2. The Balaban J connectivity index is 3.08. The Labute approximate surface area is 239 Å². The average Bonchev–Trinajstić information content (AvgIpc) is 2.88. The summed E-state index contributed by atoms with van der Waals surface area (Å²) in [4.78, 5) is 95.4. The summed E-state index contributed by atoms with van der Waals surface area (Å²) in [6.45, 7) is 5.60. The van der Waals surface area contributed by atoms with Crippen LogP contribution in [0.5, 0.6) is 0 Å². The molecular weight excluding hydrogens is 560 g/mol. The number of nitrogens with one attached hydrogen (secondary N) is 5. The van der Waals surface area contributed by atoms with Crippen molar-refractivity contribution >= 4 is 52.8 Å². The van der Waals surface area contributed by atoms with Crippen molar-refractivity contribution in [3.8, 4) is 0 Å². The summed E-state index contributed by atoms with van der Waals surface area (Å²) in [5.41, 5.74) is -0.157. The van der Waals surface area contributed by atoms with Crippen molar-refractivity contribution in [2.75, 3.05) is 5.32 Å². The van der Waals surface area contributed by atoms with Gasteiger partial charge in [0, 0.05) is 31.2 Å². The van der Waals surface area contributed by atoms with Crippen LogP contribution in [-0.2, 0) is 33.6 Å². The summed E-state index contributed by atoms with van der Waals surface area (Å²) < 4.78 is 0. The first kappa shape index (κ1) is 34.9. The largest absolute Gasteiger partial charge is 0.481 e. The number of amides is 5. The monoisotopic (exact) mass is 594 g/mol. The second-order valence-corrected chi connectivity index (χ2v) is 9.60. The van der Waals surface area contributed by atoms with Crippen molar-refractivity contribution < 1.29 is 48.7 Å². The van der Waals surface area contributed by atoms with E-state index in [2.05, 4.69) is 26.6 Å². The standard InChI is InChI=1S/C25H34N6O11/c1-12(2)21(30-23(38)17(9-10-19(33)34)28-22(37)13(3)26-14(4)32)25(40)29-18(11-20(35)36)24(39)27-15-5-7-16(8-6-15)31(41)42/h5-8,12-13,17-18,21H,9-11H2,1-4H3,(H,26,32)(H,27,39)(H,28,37)(H,29,40)(H,30,38)(H,33,34)(H,35,36). The van der Waals surface area contributed by atoms with Gasteiger partial charge in [0.25, 0.3) is 5.69 Å². The third kappa shape index (κ3) is 12.0. The number of carbonyl (C=O) groups excluding carboxylic acids is 5. The number of anilines is 1. The van der Waals surface area contributed by atoms with Crippen molar-refractivity contribution in [1.82, 2.24) is 21.3 Å². The minimum Gasteiger partial charge on any atom is -0.481 e. The molecule has 4 atom stereocenters. The summed E-state index contributed by atoms with van der Waals surface area (Å²) in [5, 5.41) is 40.8. The maximum atomic E-state index is 13.1. The molecule has 0 aliphatic carbocycles. The highest BCUT2D eigenvalue weighted by Crippen LogP contribution is 2.16. The quantitative estimate of drug-likeness (QED) is 0.0948. The molecule has 0 spiro atoms. The van der Waals surface area contributed by atoms with Crippen LogP contribution in [0.1, 0.15) is 47.0 Å². The summed E-state index contributed by atoms with van der Waals surface area (Å²) in [6.07, 6.45) is -1.72. The Kier molecular flexibility index (Phi) is 13.5. The smallest absolute Gasteiger partial charge is 0.305 e. The molecule has 1 rings (SSSR count). The van der Waals surface area contributed by atoms with Gasteiger partial charge >= 0.3 is 11.9 Å². The van der Waals surface area contributed by atoms with Crippen molar-refractivity contribution in [2.24, 2.45) is 5.92 Å². The molecule has 17 nitrogen and oxygen atoms in total. The Hall–Kier alpha value is -5.09. The number of nitro benzene ring substituents is 1. The summed E-state index contributed by atoms with van der Waals surface area (Å²) in [6, 6.07) is -0.794. The number of carbonyl (C=O) groups is 7. The van der Waals surface area contributed by atoms with Gasteiger partial charge in [-0.3, -0.25) is 43.7 Å². The number of benzene rings is 1. The van der Waals surface area contributed by atoms with Crippen LogP contribution in [0.25, 0.3) is 0 Å². The number of non-ortho nitro benzene ring substituents is 1. The van der Waals surface area contributed by atoms with Crippen molar-refractivity contribution in [2.45, 2.75) is 71.1 Å². The normalized spacial score (nSPS) is 13.5. The highest BCUT2D eigenvalue weighted by Gasteiger charge is 2.33. The summed E-state index contributed by atoms with van der Waals surface area (Å²) >= 11 is 0. The lowest BCUT2D eigenvalue weighted by atomic mass is 10.0. The molecule has 0 aliphatic heterocycles. The van der Waals surface area contributed by atoms with E-state index in [1.165, 1.54) is 39.8 Å². The van der Waals surface area contributed by atoms with Crippen molar-refractivity contribution in [3.63, 3.8) is 0 Å². The average molecular weight is 595 g/mol. The molecule has 0 radical (unpaired) electrons. The van der Waals surface area contributed by atoms with Gasteiger partial charge in [0.2, 0.25) is 29.5 Å². The number of hydrogen-bond donors (Lipinski definition) is 7. The molecular formula is C25H34N6O11. The van der Waals surface area contributed by atoms with Gasteiger partial charge in [-0.25, -0.2) is 0 Å². The van der Waals surface area contributed by atoms with Gasteiger partial charge in [0.15, 0.2) is 0 Å². The number of nitro groups is 1.